The van der Waals surface area contributed by atoms with Gasteiger partial charge >= 0.3 is 0 Å². The minimum atomic E-state index is -4.02. The van der Waals surface area contributed by atoms with E-state index in [0.717, 1.165) is 9.87 Å². The Bertz CT molecular complexity index is 1260. The molecule has 0 atom stereocenters. The smallest absolute Gasteiger partial charge is 0.264 e. The van der Waals surface area contributed by atoms with Crippen molar-refractivity contribution in [3.63, 3.8) is 0 Å². The predicted molar refractivity (Wildman–Crippen MR) is 126 cm³/mol. The molecule has 0 fully saturated rings. The van der Waals surface area contributed by atoms with Gasteiger partial charge in [-0.2, -0.15) is 0 Å². The molecule has 0 saturated heterocycles. The molecule has 0 unspecified atom stereocenters. The van der Waals surface area contributed by atoms with Gasteiger partial charge in [-0.15, -0.1) is 0 Å². The van der Waals surface area contributed by atoms with Crippen molar-refractivity contribution >= 4 is 38.9 Å². The van der Waals surface area contributed by atoms with Gasteiger partial charge in [0.1, 0.15) is 11.5 Å². The average Bonchev–Trinajstić information content (AvgIpc) is 2.79. The molecular weight excluding hydrogens is 452 g/mol. The average molecular weight is 475 g/mol. The third-order valence-corrected chi connectivity index (χ3v) is 7.00. The van der Waals surface area contributed by atoms with E-state index in [0.29, 0.717) is 11.4 Å². The summed E-state index contributed by atoms with van der Waals surface area (Å²) < 4.78 is 38.2. The van der Waals surface area contributed by atoms with E-state index in [1.54, 1.807) is 12.1 Å². The van der Waals surface area contributed by atoms with E-state index < -0.39 is 15.9 Å². The van der Waals surface area contributed by atoms with E-state index in [-0.39, 0.29) is 26.9 Å². The third kappa shape index (κ3) is 4.66. The molecule has 0 heterocycles. The van der Waals surface area contributed by atoms with Gasteiger partial charge in [0.15, 0.2) is 0 Å². The van der Waals surface area contributed by atoms with Crippen molar-refractivity contribution < 1.29 is 22.7 Å². The molecule has 1 N–H and O–H groups in total. The maximum absolute atomic E-state index is 13.3. The van der Waals surface area contributed by atoms with E-state index in [9.17, 15) is 13.2 Å². The molecule has 168 valence electrons. The van der Waals surface area contributed by atoms with Crippen LogP contribution in [-0.4, -0.2) is 35.6 Å². The number of methoxy groups -OCH3 is 2. The molecule has 7 nitrogen and oxygen atoms in total. The molecule has 3 aromatic carbocycles. The Hall–Kier alpha value is -3.23. The molecule has 3 aromatic rings. The van der Waals surface area contributed by atoms with Crippen LogP contribution < -0.4 is 19.1 Å². The highest BCUT2D eigenvalue weighted by Crippen LogP contribution is 2.39. The second kappa shape index (κ2) is 9.50. The number of ether oxygens (including phenoxy) is 2. The Balaban J connectivity index is 1.95. The lowest BCUT2D eigenvalue weighted by Crippen LogP contribution is -2.27. The topological polar surface area (TPSA) is 84.9 Å². The van der Waals surface area contributed by atoms with Gasteiger partial charge in [0.05, 0.1) is 29.8 Å². The van der Waals surface area contributed by atoms with Crippen LogP contribution in [0.2, 0.25) is 5.02 Å². The summed E-state index contributed by atoms with van der Waals surface area (Å²) in [5, 5.41) is 3.04. The summed E-state index contributed by atoms with van der Waals surface area (Å²) in [6.45, 7) is 1.87. The summed E-state index contributed by atoms with van der Waals surface area (Å²) in [7, 11) is 0.233. The first-order valence-corrected chi connectivity index (χ1v) is 11.4. The molecule has 0 saturated carbocycles. The van der Waals surface area contributed by atoms with Crippen LogP contribution in [-0.2, 0) is 10.0 Å². The van der Waals surface area contributed by atoms with Gasteiger partial charge in [-0.1, -0.05) is 35.9 Å². The van der Waals surface area contributed by atoms with E-state index in [2.05, 4.69) is 5.32 Å². The fourth-order valence-electron chi connectivity index (χ4n) is 3.08. The number of anilines is 2. The predicted octanol–water partition coefficient (Wildman–Crippen LogP) is 4.74. The van der Waals surface area contributed by atoms with E-state index >= 15 is 0 Å². The molecule has 0 bridgehead atoms. The molecule has 1 amide bonds. The van der Waals surface area contributed by atoms with Crippen molar-refractivity contribution in [1.82, 2.24) is 0 Å². The normalized spacial score (nSPS) is 11.0. The first-order chi connectivity index (χ1) is 15.2. The minimum absolute atomic E-state index is 0.0496. The maximum atomic E-state index is 13.3. The fraction of sp³-hybridized carbons (Fsp3) is 0.174. The molecule has 9 heteroatoms. The van der Waals surface area contributed by atoms with Gasteiger partial charge in [0.2, 0.25) is 0 Å². The summed E-state index contributed by atoms with van der Waals surface area (Å²) >= 11 is 6.20. The number of hydrogen-bond acceptors (Lipinski definition) is 5. The number of carbonyl (C=O) groups is 1. The first kappa shape index (κ1) is 23.4. The summed E-state index contributed by atoms with van der Waals surface area (Å²) in [6, 6.07) is 16.1. The Morgan fingerprint density at radius 1 is 0.969 bits per heavy atom. The Morgan fingerprint density at radius 3 is 2.31 bits per heavy atom. The number of nitrogens with zero attached hydrogens (tertiary/aromatic N) is 1. The zero-order chi connectivity index (χ0) is 23.5. The summed E-state index contributed by atoms with van der Waals surface area (Å²) in [5.41, 5.74) is 1.99. The summed E-state index contributed by atoms with van der Waals surface area (Å²) in [6.07, 6.45) is 0. The number of nitrogens with one attached hydrogen (secondary N) is 1. The molecule has 0 aliphatic rings. The SMILES string of the molecule is COc1cc(OC)c(N(C)S(=O)(=O)c2cccc(C(=O)Nc3ccccc3C)c2)cc1Cl. The molecule has 0 aliphatic heterocycles. The summed E-state index contributed by atoms with van der Waals surface area (Å²) in [5.74, 6) is 0.211. The molecule has 0 radical (unpaired) electrons. The first-order valence-electron chi connectivity index (χ1n) is 9.56. The van der Waals surface area contributed by atoms with Crippen molar-refractivity contribution in [3.8, 4) is 11.5 Å². The highest BCUT2D eigenvalue weighted by Gasteiger charge is 2.26. The van der Waals surface area contributed by atoms with Crippen LogP contribution in [0.4, 0.5) is 11.4 Å². The van der Waals surface area contributed by atoms with Crippen molar-refractivity contribution in [2.75, 3.05) is 30.9 Å². The van der Waals surface area contributed by atoms with Crippen molar-refractivity contribution in [2.45, 2.75) is 11.8 Å². The highest BCUT2D eigenvalue weighted by atomic mass is 35.5. The van der Waals surface area contributed by atoms with Crippen LogP contribution in [0, 0.1) is 6.92 Å². The van der Waals surface area contributed by atoms with Crippen molar-refractivity contribution in [3.05, 3.63) is 76.8 Å². The van der Waals surface area contributed by atoms with Crippen LogP contribution in [0.3, 0.4) is 0 Å². The number of carbonyl (C=O) groups excluding carboxylic acids is 1. The number of sulfonamides is 1. The molecular formula is C23H23ClN2O5S. The second-order valence-electron chi connectivity index (χ2n) is 6.93. The molecule has 3 rings (SSSR count). The van der Waals surface area contributed by atoms with Crippen molar-refractivity contribution in [1.29, 1.82) is 0 Å². The van der Waals surface area contributed by atoms with Crippen molar-refractivity contribution in [2.24, 2.45) is 0 Å². The van der Waals surface area contributed by atoms with Gasteiger partial charge in [0, 0.05) is 24.4 Å². The van der Waals surface area contributed by atoms with Crippen LogP contribution >= 0.6 is 11.6 Å². The van der Waals surface area contributed by atoms with Gasteiger partial charge in [-0.25, -0.2) is 8.42 Å². The lowest BCUT2D eigenvalue weighted by atomic mass is 10.1. The van der Waals surface area contributed by atoms with Gasteiger partial charge in [0.25, 0.3) is 15.9 Å². The largest absolute Gasteiger partial charge is 0.495 e. The highest BCUT2D eigenvalue weighted by molar-refractivity contribution is 7.92. The lowest BCUT2D eigenvalue weighted by Gasteiger charge is -2.23. The number of halogens is 1. The van der Waals surface area contributed by atoms with Crippen LogP contribution in [0.25, 0.3) is 0 Å². The number of aryl methyl sites for hydroxylation is 1. The zero-order valence-electron chi connectivity index (χ0n) is 18.0. The molecule has 0 spiro atoms. The quantitative estimate of drug-likeness (QED) is 0.534. The Morgan fingerprint density at radius 2 is 1.66 bits per heavy atom. The number of para-hydroxylation sites is 1. The maximum Gasteiger partial charge on any atom is 0.264 e. The molecule has 32 heavy (non-hydrogen) atoms. The van der Waals surface area contributed by atoms with Crippen LogP contribution in [0.15, 0.2) is 65.6 Å². The second-order valence-corrected chi connectivity index (χ2v) is 9.30. The van der Waals surface area contributed by atoms with Gasteiger partial charge < -0.3 is 14.8 Å². The lowest BCUT2D eigenvalue weighted by molar-refractivity contribution is 0.102. The molecule has 0 aliphatic carbocycles. The number of benzene rings is 3. The number of hydrogen-bond donors (Lipinski definition) is 1. The number of amides is 1. The number of rotatable bonds is 7. The fourth-order valence-corrected chi connectivity index (χ4v) is 4.56. The van der Waals surface area contributed by atoms with Crippen LogP contribution in [0.5, 0.6) is 11.5 Å². The molecule has 0 aromatic heterocycles. The third-order valence-electron chi connectivity index (χ3n) is 4.94. The van der Waals surface area contributed by atoms with E-state index in [1.165, 1.54) is 51.6 Å². The van der Waals surface area contributed by atoms with E-state index in [4.69, 9.17) is 21.1 Å². The van der Waals surface area contributed by atoms with Crippen LogP contribution in [0.1, 0.15) is 15.9 Å². The standard InChI is InChI=1S/C23H23ClN2O5S/c1-15-8-5-6-11-19(15)25-23(27)16-9-7-10-17(12-16)32(28,29)26(2)20-13-18(24)21(30-3)14-22(20)31-4/h5-14H,1-4H3,(H,25,27). The monoisotopic (exact) mass is 474 g/mol. The minimum Gasteiger partial charge on any atom is -0.495 e. The van der Waals surface area contributed by atoms with Gasteiger partial charge in [-0.3, -0.25) is 9.10 Å². The van der Waals surface area contributed by atoms with E-state index in [1.807, 2.05) is 25.1 Å². The van der Waals surface area contributed by atoms with Gasteiger partial charge in [-0.05, 0) is 42.8 Å². The Labute approximate surface area is 192 Å². The summed E-state index contributed by atoms with van der Waals surface area (Å²) in [4.78, 5) is 12.7. The zero-order valence-corrected chi connectivity index (χ0v) is 19.6. The Kier molecular flexibility index (Phi) is 6.96.